The van der Waals surface area contributed by atoms with E-state index in [0.29, 0.717) is 5.54 Å². The van der Waals surface area contributed by atoms with E-state index in [1.54, 1.807) is 0 Å². The minimum absolute atomic E-state index is 0.415. The van der Waals surface area contributed by atoms with Crippen molar-refractivity contribution < 1.29 is 0 Å². The molecule has 0 radical (unpaired) electrons. The second-order valence-electron chi connectivity index (χ2n) is 7.41. The quantitative estimate of drug-likeness (QED) is 0.817. The highest BCUT2D eigenvalue weighted by atomic mass is 15.2. The number of hydrogen-bond donors (Lipinski definition) is 1. The van der Waals surface area contributed by atoms with Crippen molar-refractivity contribution in [3.8, 4) is 0 Å². The maximum absolute atomic E-state index is 3.95. The number of nitrogens with zero attached hydrogens (tertiary/aromatic N) is 1. The average molecular weight is 266 g/mol. The molecule has 0 aromatic carbocycles. The summed E-state index contributed by atoms with van der Waals surface area (Å²) >= 11 is 0. The summed E-state index contributed by atoms with van der Waals surface area (Å²) in [6, 6.07) is 0.791. The van der Waals surface area contributed by atoms with Crippen LogP contribution in [-0.4, -0.2) is 37.1 Å². The molecule has 0 aromatic rings. The summed E-state index contributed by atoms with van der Waals surface area (Å²) in [6.45, 7) is 5.99. The lowest BCUT2D eigenvalue weighted by atomic mass is 9.75. The van der Waals surface area contributed by atoms with Crippen LogP contribution in [0.15, 0.2) is 0 Å². The molecule has 2 heteroatoms. The molecular weight excluding hydrogens is 232 g/mol. The van der Waals surface area contributed by atoms with Crippen molar-refractivity contribution in [1.29, 1.82) is 0 Å². The molecule has 2 saturated carbocycles. The first kappa shape index (κ1) is 15.3. The van der Waals surface area contributed by atoms with Crippen LogP contribution in [0, 0.1) is 11.8 Å². The molecule has 19 heavy (non-hydrogen) atoms. The molecule has 1 N–H and O–H groups in total. The number of likely N-dealkylation sites (N-methyl/N-ethyl adjacent to an activating group) is 1. The van der Waals surface area contributed by atoms with Crippen LogP contribution in [0.25, 0.3) is 0 Å². The van der Waals surface area contributed by atoms with Crippen LogP contribution in [-0.2, 0) is 0 Å². The number of hydrogen-bond acceptors (Lipinski definition) is 2. The van der Waals surface area contributed by atoms with Gasteiger partial charge in [0.05, 0.1) is 0 Å². The second-order valence-corrected chi connectivity index (χ2v) is 7.41. The summed E-state index contributed by atoms with van der Waals surface area (Å²) in [5.41, 5.74) is 0.415. The van der Waals surface area contributed by atoms with Gasteiger partial charge in [0.15, 0.2) is 0 Å². The summed E-state index contributed by atoms with van der Waals surface area (Å²) in [7, 11) is 4.57. The minimum Gasteiger partial charge on any atom is -0.312 e. The van der Waals surface area contributed by atoms with E-state index >= 15 is 0 Å². The van der Waals surface area contributed by atoms with Gasteiger partial charge < -0.3 is 10.2 Å². The molecule has 2 rings (SSSR count). The molecule has 0 spiro atoms. The van der Waals surface area contributed by atoms with Crippen LogP contribution in [0.3, 0.4) is 0 Å². The first-order valence-corrected chi connectivity index (χ1v) is 8.48. The van der Waals surface area contributed by atoms with E-state index in [0.717, 1.165) is 17.9 Å². The molecule has 2 nitrogen and oxygen atoms in total. The van der Waals surface area contributed by atoms with Crippen LogP contribution in [0.4, 0.5) is 0 Å². The zero-order chi connectivity index (χ0) is 13.9. The molecule has 0 amide bonds. The summed E-state index contributed by atoms with van der Waals surface area (Å²) in [4.78, 5) is 2.51. The molecule has 4 atom stereocenters. The molecule has 112 valence electrons. The molecule has 0 aromatic heterocycles. The van der Waals surface area contributed by atoms with E-state index in [4.69, 9.17) is 0 Å². The summed E-state index contributed by atoms with van der Waals surface area (Å²) in [5.74, 6) is 1.82. The van der Waals surface area contributed by atoms with Gasteiger partial charge >= 0.3 is 0 Å². The van der Waals surface area contributed by atoms with Gasteiger partial charge in [-0.3, -0.25) is 0 Å². The van der Waals surface area contributed by atoms with Crippen LogP contribution >= 0.6 is 0 Å². The normalized spacial score (nSPS) is 39.9. The molecule has 0 bridgehead atoms. The van der Waals surface area contributed by atoms with Gasteiger partial charge in [-0.2, -0.15) is 0 Å². The Morgan fingerprint density at radius 2 is 1.95 bits per heavy atom. The Bertz CT molecular complexity index is 276. The third kappa shape index (κ3) is 3.52. The van der Waals surface area contributed by atoms with Crippen molar-refractivity contribution in [3.05, 3.63) is 0 Å². The lowest BCUT2D eigenvalue weighted by molar-refractivity contribution is 0.0706. The van der Waals surface area contributed by atoms with Crippen molar-refractivity contribution in [1.82, 2.24) is 10.2 Å². The SMILES string of the molecule is CCC1CCCC1NCC1(N(C)C)CCCC(C)C1. The Kier molecular flexibility index (Phi) is 5.30. The Morgan fingerprint density at radius 3 is 2.58 bits per heavy atom. The topological polar surface area (TPSA) is 15.3 Å². The fraction of sp³-hybridized carbons (Fsp3) is 1.00. The first-order valence-electron chi connectivity index (χ1n) is 8.48. The number of rotatable bonds is 5. The van der Waals surface area contributed by atoms with Crippen LogP contribution in [0.1, 0.15) is 65.2 Å². The standard InChI is InChI=1S/C17H34N2/c1-5-15-9-6-10-16(15)18-13-17(19(3)4)11-7-8-14(2)12-17/h14-16,18H,5-13H2,1-4H3. The fourth-order valence-corrected chi connectivity index (χ4v) is 4.47. The Labute approximate surface area is 120 Å². The molecule has 4 unspecified atom stereocenters. The van der Waals surface area contributed by atoms with Crippen molar-refractivity contribution >= 4 is 0 Å². The largest absolute Gasteiger partial charge is 0.312 e. The van der Waals surface area contributed by atoms with E-state index in [1.165, 1.54) is 57.9 Å². The second kappa shape index (κ2) is 6.58. The first-order chi connectivity index (χ1) is 9.07. The van der Waals surface area contributed by atoms with Crippen LogP contribution < -0.4 is 5.32 Å². The Morgan fingerprint density at radius 1 is 1.16 bits per heavy atom. The average Bonchev–Trinajstić information content (AvgIpc) is 2.83. The zero-order valence-electron chi connectivity index (χ0n) is 13.5. The molecular formula is C17H34N2. The molecule has 0 heterocycles. The highest BCUT2D eigenvalue weighted by Crippen LogP contribution is 2.36. The van der Waals surface area contributed by atoms with Gasteiger partial charge in [0.1, 0.15) is 0 Å². The van der Waals surface area contributed by atoms with E-state index in [9.17, 15) is 0 Å². The highest BCUT2D eigenvalue weighted by molar-refractivity contribution is 4.96. The van der Waals surface area contributed by atoms with Gasteiger partial charge in [0.2, 0.25) is 0 Å². The summed E-state index contributed by atoms with van der Waals surface area (Å²) in [5, 5.41) is 3.95. The van der Waals surface area contributed by atoms with Gasteiger partial charge in [0.25, 0.3) is 0 Å². The van der Waals surface area contributed by atoms with Crippen molar-refractivity contribution in [2.24, 2.45) is 11.8 Å². The molecule has 2 aliphatic carbocycles. The molecule has 0 saturated heterocycles. The van der Waals surface area contributed by atoms with Gasteiger partial charge in [-0.15, -0.1) is 0 Å². The van der Waals surface area contributed by atoms with Crippen molar-refractivity contribution in [3.63, 3.8) is 0 Å². The van der Waals surface area contributed by atoms with Crippen LogP contribution in [0.5, 0.6) is 0 Å². The van der Waals surface area contributed by atoms with Crippen molar-refractivity contribution in [2.45, 2.75) is 76.8 Å². The monoisotopic (exact) mass is 266 g/mol. The fourth-order valence-electron chi connectivity index (χ4n) is 4.47. The van der Waals surface area contributed by atoms with Gasteiger partial charge in [0, 0.05) is 18.1 Å². The lowest BCUT2D eigenvalue weighted by Gasteiger charge is -2.46. The Hall–Kier alpha value is -0.0800. The minimum atomic E-state index is 0.415. The van der Waals surface area contributed by atoms with Gasteiger partial charge in [-0.05, 0) is 51.6 Å². The third-order valence-corrected chi connectivity index (χ3v) is 5.89. The predicted octanol–water partition coefficient (Wildman–Crippen LogP) is 3.67. The highest BCUT2D eigenvalue weighted by Gasteiger charge is 2.38. The van der Waals surface area contributed by atoms with E-state index in [-0.39, 0.29) is 0 Å². The molecule has 2 fully saturated rings. The maximum Gasteiger partial charge on any atom is 0.0330 e. The van der Waals surface area contributed by atoms with Crippen LogP contribution in [0.2, 0.25) is 0 Å². The third-order valence-electron chi connectivity index (χ3n) is 5.89. The smallest absolute Gasteiger partial charge is 0.0330 e. The molecule has 2 aliphatic rings. The lowest BCUT2D eigenvalue weighted by Crippen LogP contribution is -2.56. The van der Waals surface area contributed by atoms with E-state index < -0.39 is 0 Å². The maximum atomic E-state index is 3.95. The van der Waals surface area contributed by atoms with Gasteiger partial charge in [-0.25, -0.2) is 0 Å². The van der Waals surface area contributed by atoms with E-state index in [1.807, 2.05) is 0 Å². The zero-order valence-corrected chi connectivity index (χ0v) is 13.5. The Balaban J connectivity index is 1.93. The van der Waals surface area contributed by atoms with Gasteiger partial charge in [-0.1, -0.05) is 39.5 Å². The van der Waals surface area contributed by atoms with Crippen molar-refractivity contribution in [2.75, 3.05) is 20.6 Å². The van der Waals surface area contributed by atoms with E-state index in [2.05, 4.69) is 38.2 Å². The predicted molar refractivity (Wildman–Crippen MR) is 83.5 cm³/mol. The number of nitrogens with one attached hydrogen (secondary N) is 1. The summed E-state index contributed by atoms with van der Waals surface area (Å²) < 4.78 is 0. The summed E-state index contributed by atoms with van der Waals surface area (Å²) in [6.07, 6.45) is 11.2. The molecule has 0 aliphatic heterocycles.